The zero-order chi connectivity index (χ0) is 17.4. The topological polar surface area (TPSA) is 70.6 Å². The van der Waals surface area contributed by atoms with E-state index in [1.54, 1.807) is 14.0 Å². The molecule has 2 rings (SSSR count). The summed E-state index contributed by atoms with van der Waals surface area (Å²) in [5.41, 5.74) is 0.692. The van der Waals surface area contributed by atoms with Crippen molar-refractivity contribution in [3.8, 4) is 5.75 Å². The van der Waals surface area contributed by atoms with Crippen LogP contribution in [0.15, 0.2) is 54.6 Å². The summed E-state index contributed by atoms with van der Waals surface area (Å²) < 4.78 is 5.28. The predicted molar refractivity (Wildman–Crippen MR) is 94.1 cm³/mol. The molecule has 0 heterocycles. The van der Waals surface area contributed by atoms with Crippen LogP contribution >= 0.6 is 0 Å². The lowest BCUT2D eigenvalue weighted by atomic mass is 9.96. The Kier molecular flexibility index (Phi) is 6.21. The minimum atomic E-state index is -1.11. The number of methoxy groups -OCH3 is 1. The van der Waals surface area contributed by atoms with Crippen LogP contribution in [0.5, 0.6) is 5.75 Å². The van der Waals surface area contributed by atoms with Gasteiger partial charge in [0.2, 0.25) is 0 Å². The number of aliphatic hydroxyl groups is 1. The van der Waals surface area contributed by atoms with Crippen LogP contribution in [0.1, 0.15) is 18.1 Å². The SMILES string of the molecule is COc1ccccc1CCNC(=O)NCC(C)(O)c1ccccc1. The molecular formula is C19H24N2O3. The molecule has 0 spiro atoms. The molecule has 2 amide bonds. The van der Waals surface area contributed by atoms with Gasteiger partial charge in [0.25, 0.3) is 0 Å². The van der Waals surface area contributed by atoms with E-state index in [2.05, 4.69) is 10.6 Å². The molecule has 1 unspecified atom stereocenters. The number of hydrogen-bond donors (Lipinski definition) is 3. The summed E-state index contributed by atoms with van der Waals surface area (Å²) in [6.07, 6.45) is 0.673. The van der Waals surface area contributed by atoms with Crippen molar-refractivity contribution in [1.82, 2.24) is 10.6 Å². The second kappa shape index (κ2) is 8.36. The van der Waals surface area contributed by atoms with Crippen LogP contribution < -0.4 is 15.4 Å². The Bertz CT molecular complexity index is 657. The third-order valence-electron chi connectivity index (χ3n) is 3.86. The number of para-hydroxylation sites is 1. The van der Waals surface area contributed by atoms with Gasteiger partial charge in [-0.25, -0.2) is 4.79 Å². The van der Waals surface area contributed by atoms with Gasteiger partial charge in [0.15, 0.2) is 0 Å². The van der Waals surface area contributed by atoms with Crippen molar-refractivity contribution in [2.24, 2.45) is 0 Å². The zero-order valence-corrected chi connectivity index (χ0v) is 14.1. The van der Waals surface area contributed by atoms with Crippen LogP contribution in [0, 0.1) is 0 Å². The molecule has 2 aromatic carbocycles. The highest BCUT2D eigenvalue weighted by atomic mass is 16.5. The first kappa shape index (κ1) is 17.8. The molecule has 0 aliphatic rings. The maximum atomic E-state index is 11.9. The molecule has 0 aliphatic carbocycles. The summed E-state index contributed by atoms with van der Waals surface area (Å²) in [6, 6.07) is 16.7. The second-order valence-corrected chi connectivity index (χ2v) is 5.81. The molecule has 0 saturated carbocycles. The number of hydrogen-bond acceptors (Lipinski definition) is 3. The fourth-order valence-corrected chi connectivity index (χ4v) is 2.43. The van der Waals surface area contributed by atoms with Gasteiger partial charge in [-0.3, -0.25) is 0 Å². The number of benzene rings is 2. The number of nitrogens with one attached hydrogen (secondary N) is 2. The molecule has 128 valence electrons. The molecule has 1 atom stereocenters. The fraction of sp³-hybridized carbons (Fsp3) is 0.316. The number of urea groups is 1. The molecule has 2 aromatic rings. The van der Waals surface area contributed by atoms with Gasteiger partial charge in [-0.2, -0.15) is 0 Å². The first-order valence-electron chi connectivity index (χ1n) is 7.94. The quantitative estimate of drug-likeness (QED) is 0.731. The summed E-state index contributed by atoms with van der Waals surface area (Å²) >= 11 is 0. The van der Waals surface area contributed by atoms with Crippen molar-refractivity contribution in [3.63, 3.8) is 0 Å². The van der Waals surface area contributed by atoms with E-state index in [0.717, 1.165) is 16.9 Å². The Balaban J connectivity index is 1.77. The molecule has 0 aliphatic heterocycles. The van der Waals surface area contributed by atoms with Crippen molar-refractivity contribution < 1.29 is 14.6 Å². The van der Waals surface area contributed by atoms with E-state index in [0.29, 0.717) is 13.0 Å². The minimum absolute atomic E-state index is 0.136. The Labute approximate surface area is 142 Å². The summed E-state index contributed by atoms with van der Waals surface area (Å²) in [6.45, 7) is 2.30. The van der Waals surface area contributed by atoms with Crippen LogP contribution in [0.2, 0.25) is 0 Å². The predicted octanol–water partition coefficient (Wildman–Crippen LogP) is 2.44. The standard InChI is InChI=1S/C19H24N2O3/c1-19(23,16-9-4-3-5-10-16)14-21-18(22)20-13-12-15-8-6-7-11-17(15)24-2/h3-11,23H,12-14H2,1-2H3,(H2,20,21,22). The molecular weight excluding hydrogens is 304 g/mol. The first-order chi connectivity index (χ1) is 11.5. The van der Waals surface area contributed by atoms with Gasteiger partial charge < -0.3 is 20.5 Å². The Morgan fingerprint density at radius 2 is 1.75 bits per heavy atom. The van der Waals surface area contributed by atoms with E-state index in [1.807, 2.05) is 54.6 Å². The van der Waals surface area contributed by atoms with E-state index in [-0.39, 0.29) is 12.6 Å². The van der Waals surface area contributed by atoms with Crippen LogP contribution in [-0.4, -0.2) is 31.3 Å². The smallest absolute Gasteiger partial charge is 0.314 e. The fourth-order valence-electron chi connectivity index (χ4n) is 2.43. The molecule has 5 heteroatoms. The first-order valence-corrected chi connectivity index (χ1v) is 7.94. The molecule has 0 aromatic heterocycles. The van der Waals surface area contributed by atoms with E-state index in [9.17, 15) is 9.90 Å². The molecule has 0 radical (unpaired) electrons. The van der Waals surface area contributed by atoms with Gasteiger partial charge in [-0.15, -0.1) is 0 Å². The largest absolute Gasteiger partial charge is 0.496 e. The minimum Gasteiger partial charge on any atom is -0.496 e. The normalized spacial score (nSPS) is 13.0. The number of ether oxygens (including phenoxy) is 1. The van der Waals surface area contributed by atoms with Crippen molar-refractivity contribution >= 4 is 6.03 Å². The van der Waals surface area contributed by atoms with Crippen molar-refractivity contribution in [3.05, 3.63) is 65.7 Å². The monoisotopic (exact) mass is 328 g/mol. The van der Waals surface area contributed by atoms with Gasteiger partial charge in [-0.05, 0) is 30.5 Å². The average molecular weight is 328 g/mol. The summed E-state index contributed by atoms with van der Waals surface area (Å²) in [4.78, 5) is 11.9. The summed E-state index contributed by atoms with van der Waals surface area (Å²) in [5, 5.41) is 15.9. The van der Waals surface area contributed by atoms with Crippen LogP contribution in [-0.2, 0) is 12.0 Å². The Hall–Kier alpha value is -2.53. The number of rotatable bonds is 7. The second-order valence-electron chi connectivity index (χ2n) is 5.81. The lowest BCUT2D eigenvalue weighted by molar-refractivity contribution is 0.0594. The van der Waals surface area contributed by atoms with Crippen molar-refractivity contribution in [2.75, 3.05) is 20.2 Å². The van der Waals surface area contributed by atoms with Gasteiger partial charge >= 0.3 is 6.03 Å². The van der Waals surface area contributed by atoms with Crippen LogP contribution in [0.4, 0.5) is 4.79 Å². The van der Waals surface area contributed by atoms with Crippen LogP contribution in [0.25, 0.3) is 0 Å². The highest BCUT2D eigenvalue weighted by Crippen LogP contribution is 2.19. The van der Waals surface area contributed by atoms with Gasteiger partial charge in [0.05, 0.1) is 13.7 Å². The zero-order valence-electron chi connectivity index (χ0n) is 14.1. The number of carbonyl (C=O) groups is 1. The van der Waals surface area contributed by atoms with Crippen molar-refractivity contribution in [2.45, 2.75) is 18.9 Å². The lowest BCUT2D eigenvalue weighted by Crippen LogP contribution is -2.43. The molecule has 0 fully saturated rings. The van der Waals surface area contributed by atoms with Gasteiger partial charge in [0, 0.05) is 6.54 Å². The third-order valence-corrected chi connectivity index (χ3v) is 3.86. The van der Waals surface area contributed by atoms with Gasteiger partial charge in [0.1, 0.15) is 11.4 Å². The molecule has 5 nitrogen and oxygen atoms in total. The van der Waals surface area contributed by atoms with E-state index in [1.165, 1.54) is 0 Å². The molecule has 0 bridgehead atoms. The highest BCUT2D eigenvalue weighted by Gasteiger charge is 2.23. The Morgan fingerprint density at radius 1 is 1.08 bits per heavy atom. The summed E-state index contributed by atoms with van der Waals surface area (Å²) in [5.74, 6) is 0.812. The molecule has 3 N–H and O–H groups in total. The van der Waals surface area contributed by atoms with E-state index in [4.69, 9.17) is 4.74 Å². The maximum Gasteiger partial charge on any atom is 0.314 e. The Morgan fingerprint density at radius 3 is 2.46 bits per heavy atom. The summed E-state index contributed by atoms with van der Waals surface area (Å²) in [7, 11) is 1.63. The highest BCUT2D eigenvalue weighted by molar-refractivity contribution is 5.73. The molecule has 24 heavy (non-hydrogen) atoms. The van der Waals surface area contributed by atoms with Gasteiger partial charge in [-0.1, -0.05) is 48.5 Å². The third kappa shape index (κ3) is 4.99. The molecule has 0 saturated heterocycles. The number of carbonyl (C=O) groups excluding carboxylic acids is 1. The van der Waals surface area contributed by atoms with Crippen molar-refractivity contribution in [1.29, 1.82) is 0 Å². The lowest BCUT2D eigenvalue weighted by Gasteiger charge is -2.24. The number of amides is 2. The average Bonchev–Trinajstić information content (AvgIpc) is 2.61. The maximum absolute atomic E-state index is 11.9. The van der Waals surface area contributed by atoms with Crippen LogP contribution in [0.3, 0.4) is 0 Å². The van der Waals surface area contributed by atoms with E-state index < -0.39 is 5.60 Å². The van der Waals surface area contributed by atoms with E-state index >= 15 is 0 Å².